The molecule has 0 saturated heterocycles. The first-order valence-corrected chi connectivity index (χ1v) is 2.05. The molecule has 0 unspecified atom stereocenters. The van der Waals surface area contributed by atoms with Crippen molar-refractivity contribution in [1.29, 1.82) is 0 Å². The molecule has 38 valence electrons. The number of hydrogen-bond donors (Lipinski definition) is 0. The molecular weight excluding hydrogens is 99.5 g/mol. The lowest BCUT2D eigenvalue weighted by molar-refractivity contribution is 0.167. The lowest BCUT2D eigenvalue weighted by atomic mass is 11.1. The highest BCUT2D eigenvalue weighted by Gasteiger charge is 1.88. The fourth-order valence-corrected chi connectivity index (χ4v) is 0. The molecule has 3 heteroatoms. The summed E-state index contributed by atoms with van der Waals surface area (Å²) >= 11 is 5.37. The van der Waals surface area contributed by atoms with Crippen molar-refractivity contribution in [3.63, 3.8) is 0 Å². The van der Waals surface area contributed by atoms with Crippen LogP contribution in [0.15, 0.2) is 0 Å². The van der Waals surface area contributed by atoms with Crippen molar-refractivity contribution in [2.45, 2.75) is 0 Å². The van der Waals surface area contributed by atoms with E-state index >= 15 is 0 Å². The molecule has 0 rings (SSSR count). The van der Waals surface area contributed by atoms with Gasteiger partial charge in [0.2, 0.25) is 0 Å². The standard InChI is InChI=1S/C3H9ClN2/c1-5(2)6(3)4/h1-3H3. The van der Waals surface area contributed by atoms with Crippen LogP contribution in [0.3, 0.4) is 0 Å². The molecule has 0 aliphatic heterocycles. The summed E-state index contributed by atoms with van der Waals surface area (Å²) < 4.78 is 1.47. The molecular formula is C3H9ClN2. The molecule has 0 bridgehead atoms. The molecule has 0 radical (unpaired) electrons. The van der Waals surface area contributed by atoms with Gasteiger partial charge >= 0.3 is 0 Å². The van der Waals surface area contributed by atoms with Gasteiger partial charge < -0.3 is 0 Å². The van der Waals surface area contributed by atoms with Gasteiger partial charge in [0.25, 0.3) is 0 Å². The average Bonchev–Trinajstić information content (AvgIpc) is 1.36. The summed E-state index contributed by atoms with van der Waals surface area (Å²) in [4.78, 5) is 0. The highest BCUT2D eigenvalue weighted by atomic mass is 35.5. The fraction of sp³-hybridized carbons (Fsp3) is 1.00. The highest BCUT2D eigenvalue weighted by molar-refractivity contribution is 6.12. The third-order valence-corrected chi connectivity index (χ3v) is 0.854. The zero-order chi connectivity index (χ0) is 5.15. The first-order chi connectivity index (χ1) is 2.64. The SMILES string of the molecule is CN(C)N(C)Cl. The first kappa shape index (κ1) is 6.21. The maximum Gasteiger partial charge on any atom is 0.0184 e. The molecule has 0 aromatic rings. The fourth-order valence-electron chi connectivity index (χ4n) is 0. The first-order valence-electron chi connectivity index (χ1n) is 1.71. The number of rotatable bonds is 1. The normalized spacial score (nSPS) is 11.0. The highest BCUT2D eigenvalue weighted by Crippen LogP contribution is 1.86. The van der Waals surface area contributed by atoms with E-state index in [4.69, 9.17) is 11.8 Å². The van der Waals surface area contributed by atoms with Crippen LogP contribution in [0, 0.1) is 0 Å². The van der Waals surface area contributed by atoms with Crippen LogP contribution in [0.4, 0.5) is 0 Å². The second-order valence-corrected chi connectivity index (χ2v) is 1.78. The van der Waals surface area contributed by atoms with Gasteiger partial charge in [-0.15, -0.1) is 0 Å². The molecule has 0 fully saturated rings. The van der Waals surface area contributed by atoms with Crippen molar-refractivity contribution < 1.29 is 0 Å². The summed E-state index contributed by atoms with van der Waals surface area (Å²) in [7, 11) is 5.50. The molecule has 2 nitrogen and oxygen atoms in total. The van der Waals surface area contributed by atoms with E-state index in [1.54, 1.807) is 12.1 Å². The van der Waals surface area contributed by atoms with Crippen molar-refractivity contribution in [3.05, 3.63) is 0 Å². The Hall–Kier alpha value is 0.210. The number of hydrazine groups is 1. The molecule has 0 aromatic heterocycles. The minimum absolute atomic E-state index is 1.47. The van der Waals surface area contributed by atoms with E-state index < -0.39 is 0 Å². The summed E-state index contributed by atoms with van der Waals surface area (Å²) in [5, 5.41) is 1.77. The maximum atomic E-state index is 5.37. The second kappa shape index (κ2) is 2.39. The third-order valence-electron chi connectivity index (χ3n) is 0.551. The van der Waals surface area contributed by atoms with E-state index in [0.29, 0.717) is 0 Å². The number of nitrogens with zero attached hydrogens (tertiary/aromatic N) is 2. The van der Waals surface area contributed by atoms with Gasteiger partial charge in [-0.3, -0.25) is 0 Å². The molecule has 0 aromatic carbocycles. The Morgan fingerprint density at radius 2 is 1.33 bits per heavy atom. The van der Waals surface area contributed by atoms with E-state index in [2.05, 4.69) is 0 Å². The van der Waals surface area contributed by atoms with Crippen LogP contribution in [0.25, 0.3) is 0 Å². The number of halogens is 1. The Labute approximate surface area is 43.4 Å². The van der Waals surface area contributed by atoms with Gasteiger partial charge in [-0.25, -0.2) is 5.01 Å². The Balaban J connectivity index is 2.99. The summed E-state index contributed by atoms with van der Waals surface area (Å²) in [6.45, 7) is 0. The second-order valence-electron chi connectivity index (χ2n) is 1.29. The Kier molecular flexibility index (Phi) is 2.48. The van der Waals surface area contributed by atoms with Crippen LogP contribution >= 0.6 is 11.8 Å². The molecule has 0 amide bonds. The van der Waals surface area contributed by atoms with E-state index in [1.165, 1.54) is 4.53 Å². The molecule has 0 saturated carbocycles. The van der Waals surface area contributed by atoms with Crippen molar-refractivity contribution in [2.24, 2.45) is 0 Å². The predicted octanol–water partition coefficient (Wildman–Crippen LogP) is 0.549. The zero-order valence-corrected chi connectivity index (χ0v) is 5.03. The van der Waals surface area contributed by atoms with Crippen LogP contribution < -0.4 is 0 Å². The van der Waals surface area contributed by atoms with Crippen molar-refractivity contribution >= 4 is 11.8 Å². The summed E-state index contributed by atoms with van der Waals surface area (Å²) in [5.41, 5.74) is 0. The summed E-state index contributed by atoms with van der Waals surface area (Å²) in [5.74, 6) is 0. The van der Waals surface area contributed by atoms with Gasteiger partial charge in [-0.1, -0.05) is 0 Å². The van der Waals surface area contributed by atoms with Gasteiger partial charge in [-0.05, 0) is 11.8 Å². The molecule has 6 heavy (non-hydrogen) atoms. The van der Waals surface area contributed by atoms with Crippen molar-refractivity contribution in [2.75, 3.05) is 21.1 Å². The van der Waals surface area contributed by atoms with E-state index in [1.807, 2.05) is 14.1 Å². The van der Waals surface area contributed by atoms with Gasteiger partial charge in [-0.2, -0.15) is 4.53 Å². The Morgan fingerprint density at radius 3 is 1.33 bits per heavy atom. The predicted molar refractivity (Wildman–Crippen MR) is 27.3 cm³/mol. The molecule has 0 N–H and O–H groups in total. The molecule has 0 heterocycles. The maximum absolute atomic E-state index is 5.37. The van der Waals surface area contributed by atoms with E-state index in [-0.39, 0.29) is 0 Å². The van der Waals surface area contributed by atoms with Crippen LogP contribution in [0.5, 0.6) is 0 Å². The monoisotopic (exact) mass is 108 g/mol. The van der Waals surface area contributed by atoms with Gasteiger partial charge in [0.1, 0.15) is 0 Å². The van der Waals surface area contributed by atoms with E-state index in [0.717, 1.165) is 0 Å². The van der Waals surface area contributed by atoms with Crippen LogP contribution in [0.2, 0.25) is 0 Å². The smallest absolute Gasteiger partial charge is 0.0184 e. The van der Waals surface area contributed by atoms with E-state index in [9.17, 15) is 0 Å². The lowest BCUT2D eigenvalue weighted by Gasteiger charge is -2.13. The van der Waals surface area contributed by atoms with Crippen LogP contribution in [-0.4, -0.2) is 30.7 Å². The quantitative estimate of drug-likeness (QED) is 0.358. The third kappa shape index (κ3) is 2.45. The van der Waals surface area contributed by atoms with Gasteiger partial charge in [0, 0.05) is 21.1 Å². The molecule has 0 aliphatic rings. The van der Waals surface area contributed by atoms with Gasteiger partial charge in [0.05, 0.1) is 0 Å². The molecule has 0 aliphatic carbocycles. The molecule has 0 atom stereocenters. The summed E-state index contributed by atoms with van der Waals surface area (Å²) in [6.07, 6.45) is 0. The minimum atomic E-state index is 1.47. The van der Waals surface area contributed by atoms with Gasteiger partial charge in [0.15, 0.2) is 0 Å². The van der Waals surface area contributed by atoms with Crippen LogP contribution in [-0.2, 0) is 0 Å². The Bertz CT molecular complexity index is 29.8. The van der Waals surface area contributed by atoms with Crippen molar-refractivity contribution in [1.82, 2.24) is 9.54 Å². The van der Waals surface area contributed by atoms with Crippen molar-refractivity contribution in [3.8, 4) is 0 Å². The summed E-state index contributed by atoms with van der Waals surface area (Å²) in [6, 6.07) is 0. The topological polar surface area (TPSA) is 6.48 Å². The largest absolute Gasteiger partial charge is 0.234 e. The Morgan fingerprint density at radius 1 is 1.17 bits per heavy atom. The zero-order valence-electron chi connectivity index (χ0n) is 4.27. The minimum Gasteiger partial charge on any atom is -0.234 e. The van der Waals surface area contributed by atoms with Crippen LogP contribution in [0.1, 0.15) is 0 Å². The molecule has 0 spiro atoms. The number of hydrogen-bond acceptors (Lipinski definition) is 2. The average molecular weight is 109 g/mol. The lowest BCUT2D eigenvalue weighted by Crippen LogP contribution is -2.23.